The van der Waals surface area contributed by atoms with Crippen LogP contribution in [0.3, 0.4) is 0 Å². The monoisotopic (exact) mass is 337 g/mol. The average Bonchev–Trinajstić information content (AvgIpc) is 2.67. The number of rotatable bonds is 4. The molecule has 4 nitrogen and oxygen atoms in total. The lowest BCUT2D eigenvalue weighted by Crippen LogP contribution is -2.48. The lowest BCUT2D eigenvalue weighted by Gasteiger charge is -2.40. The summed E-state index contributed by atoms with van der Waals surface area (Å²) < 4.78 is 5.40. The lowest BCUT2D eigenvalue weighted by atomic mass is 9.70. The second-order valence-electron chi connectivity index (χ2n) is 6.53. The smallest absolute Gasteiger partial charge is 0.410 e. The third-order valence-electron chi connectivity index (χ3n) is 5.08. The van der Waals surface area contributed by atoms with Crippen molar-refractivity contribution in [1.29, 1.82) is 0 Å². The van der Waals surface area contributed by atoms with Gasteiger partial charge in [0.25, 0.3) is 0 Å². The van der Waals surface area contributed by atoms with Gasteiger partial charge in [-0.3, -0.25) is 4.79 Å². The maximum atomic E-state index is 12.4. The van der Waals surface area contributed by atoms with Gasteiger partial charge in [-0.05, 0) is 30.9 Å². The fraction of sp³-hybridized carbons (Fsp3) is 0.333. The molecule has 0 saturated carbocycles. The predicted octanol–water partition coefficient (Wildman–Crippen LogP) is 3.95. The summed E-state index contributed by atoms with van der Waals surface area (Å²) in [5, 5.41) is 0. The Balaban J connectivity index is 1.62. The van der Waals surface area contributed by atoms with Crippen molar-refractivity contribution >= 4 is 11.9 Å². The molecule has 2 aromatic carbocycles. The fourth-order valence-electron chi connectivity index (χ4n) is 3.48. The van der Waals surface area contributed by atoms with Crippen LogP contribution in [0.1, 0.15) is 30.9 Å². The number of carbonyl (C=O) groups is 2. The Kier molecular flexibility index (Phi) is 5.17. The number of ketones is 1. The Morgan fingerprint density at radius 2 is 1.52 bits per heavy atom. The molecule has 0 N–H and O–H groups in total. The summed E-state index contributed by atoms with van der Waals surface area (Å²) in [6.07, 6.45) is 0.952. The van der Waals surface area contributed by atoms with Crippen LogP contribution in [0.15, 0.2) is 60.7 Å². The van der Waals surface area contributed by atoms with Gasteiger partial charge in [0.05, 0.1) is 5.41 Å². The number of amides is 1. The molecule has 0 aliphatic carbocycles. The van der Waals surface area contributed by atoms with Gasteiger partial charge in [0.15, 0.2) is 0 Å². The van der Waals surface area contributed by atoms with Crippen molar-refractivity contribution in [3.8, 4) is 0 Å². The first-order valence-corrected chi connectivity index (χ1v) is 8.64. The Bertz CT molecular complexity index is 719. The third-order valence-corrected chi connectivity index (χ3v) is 5.08. The molecule has 130 valence electrons. The molecule has 0 spiro atoms. The van der Waals surface area contributed by atoms with Crippen LogP contribution in [0.5, 0.6) is 0 Å². The van der Waals surface area contributed by atoms with Gasteiger partial charge in [0.2, 0.25) is 0 Å². The summed E-state index contributed by atoms with van der Waals surface area (Å²) in [6, 6.07) is 19.5. The largest absolute Gasteiger partial charge is 0.445 e. The lowest BCUT2D eigenvalue weighted by molar-refractivity contribution is -0.124. The fourth-order valence-corrected chi connectivity index (χ4v) is 3.48. The normalized spacial score (nSPS) is 16.3. The van der Waals surface area contributed by atoms with E-state index in [1.54, 1.807) is 11.8 Å². The van der Waals surface area contributed by atoms with Crippen LogP contribution in [0.2, 0.25) is 0 Å². The summed E-state index contributed by atoms with van der Waals surface area (Å²) in [7, 11) is 0. The number of nitrogens with zero attached hydrogens (tertiary/aromatic N) is 1. The van der Waals surface area contributed by atoms with Crippen LogP contribution >= 0.6 is 0 Å². The quantitative estimate of drug-likeness (QED) is 0.849. The van der Waals surface area contributed by atoms with Gasteiger partial charge in [0.1, 0.15) is 12.4 Å². The van der Waals surface area contributed by atoms with Crippen LogP contribution in [0, 0.1) is 0 Å². The summed E-state index contributed by atoms with van der Waals surface area (Å²) in [4.78, 5) is 26.4. The highest BCUT2D eigenvalue weighted by Gasteiger charge is 2.41. The van der Waals surface area contributed by atoms with Crippen LogP contribution in [-0.2, 0) is 21.6 Å². The summed E-state index contributed by atoms with van der Waals surface area (Å²) >= 11 is 0. The second kappa shape index (κ2) is 7.51. The van der Waals surface area contributed by atoms with Crippen LogP contribution in [-0.4, -0.2) is 29.9 Å². The zero-order valence-electron chi connectivity index (χ0n) is 14.5. The number of ether oxygens (including phenoxy) is 1. The van der Waals surface area contributed by atoms with E-state index in [4.69, 9.17) is 4.74 Å². The molecule has 1 aliphatic heterocycles. The van der Waals surface area contributed by atoms with E-state index in [0.29, 0.717) is 25.9 Å². The first-order chi connectivity index (χ1) is 12.1. The first-order valence-electron chi connectivity index (χ1n) is 8.64. The molecular formula is C21H23NO3. The van der Waals surface area contributed by atoms with Gasteiger partial charge < -0.3 is 9.64 Å². The number of hydrogen-bond donors (Lipinski definition) is 0. The molecule has 0 bridgehead atoms. The van der Waals surface area contributed by atoms with E-state index in [2.05, 4.69) is 0 Å². The number of piperidine rings is 1. The molecule has 0 aromatic heterocycles. The number of carbonyl (C=O) groups excluding carboxylic acids is 2. The van der Waals surface area contributed by atoms with Crippen molar-refractivity contribution in [2.45, 2.75) is 31.8 Å². The van der Waals surface area contributed by atoms with Crippen molar-refractivity contribution in [3.63, 3.8) is 0 Å². The number of benzene rings is 2. The van der Waals surface area contributed by atoms with E-state index in [9.17, 15) is 9.59 Å². The predicted molar refractivity (Wildman–Crippen MR) is 96.2 cm³/mol. The first kappa shape index (κ1) is 17.2. The van der Waals surface area contributed by atoms with Gasteiger partial charge in [-0.2, -0.15) is 0 Å². The van der Waals surface area contributed by atoms with Gasteiger partial charge >= 0.3 is 6.09 Å². The number of likely N-dealkylation sites (tertiary alicyclic amines) is 1. The molecule has 1 fully saturated rings. The van der Waals surface area contributed by atoms with Crippen molar-refractivity contribution in [1.82, 2.24) is 4.90 Å². The van der Waals surface area contributed by atoms with Gasteiger partial charge in [0, 0.05) is 13.1 Å². The van der Waals surface area contributed by atoms with Gasteiger partial charge in [-0.1, -0.05) is 60.7 Å². The molecule has 0 unspecified atom stereocenters. The second-order valence-corrected chi connectivity index (χ2v) is 6.53. The molecular weight excluding hydrogens is 314 g/mol. The minimum Gasteiger partial charge on any atom is -0.445 e. The summed E-state index contributed by atoms with van der Waals surface area (Å²) in [5.74, 6) is 0.163. The van der Waals surface area contributed by atoms with Crippen molar-refractivity contribution in [2.24, 2.45) is 0 Å². The Morgan fingerprint density at radius 1 is 0.960 bits per heavy atom. The van der Waals surface area contributed by atoms with E-state index in [1.165, 1.54) is 0 Å². The third kappa shape index (κ3) is 3.73. The molecule has 1 aliphatic rings. The standard InChI is InChI=1S/C21H23NO3/c1-17(23)21(19-10-6-3-7-11-19)12-14-22(15-13-21)20(24)25-16-18-8-4-2-5-9-18/h2-11H,12-16H2,1H3. The average molecular weight is 337 g/mol. The SMILES string of the molecule is CC(=O)C1(c2ccccc2)CCN(C(=O)OCc2ccccc2)CC1. The molecule has 0 atom stereocenters. The van der Waals surface area contributed by atoms with Crippen LogP contribution in [0.4, 0.5) is 4.79 Å². The molecule has 4 heteroatoms. The minimum absolute atomic E-state index is 0.163. The molecule has 1 heterocycles. The topological polar surface area (TPSA) is 46.6 Å². The molecule has 0 radical (unpaired) electrons. The van der Waals surface area contributed by atoms with Crippen molar-refractivity contribution < 1.29 is 14.3 Å². The van der Waals surface area contributed by atoms with E-state index < -0.39 is 5.41 Å². The van der Waals surface area contributed by atoms with E-state index in [1.807, 2.05) is 60.7 Å². The molecule has 2 aromatic rings. The Morgan fingerprint density at radius 3 is 2.08 bits per heavy atom. The zero-order valence-corrected chi connectivity index (χ0v) is 14.5. The highest BCUT2D eigenvalue weighted by molar-refractivity contribution is 5.88. The van der Waals surface area contributed by atoms with Crippen molar-refractivity contribution in [3.05, 3.63) is 71.8 Å². The zero-order chi connectivity index (χ0) is 17.7. The number of Topliss-reactive ketones (excluding diaryl/α,β-unsaturated/α-hetero) is 1. The maximum absolute atomic E-state index is 12.4. The number of hydrogen-bond acceptors (Lipinski definition) is 3. The Hall–Kier alpha value is -2.62. The van der Waals surface area contributed by atoms with Crippen LogP contribution < -0.4 is 0 Å². The maximum Gasteiger partial charge on any atom is 0.410 e. The van der Waals surface area contributed by atoms with E-state index >= 15 is 0 Å². The Labute approximate surface area is 148 Å². The van der Waals surface area contributed by atoms with Crippen molar-refractivity contribution in [2.75, 3.05) is 13.1 Å². The summed E-state index contributed by atoms with van der Waals surface area (Å²) in [6.45, 7) is 2.98. The molecule has 3 rings (SSSR count). The molecule has 1 saturated heterocycles. The summed E-state index contributed by atoms with van der Waals surface area (Å²) in [5.41, 5.74) is 1.52. The van der Waals surface area contributed by atoms with Gasteiger partial charge in [-0.25, -0.2) is 4.79 Å². The molecule has 1 amide bonds. The highest BCUT2D eigenvalue weighted by atomic mass is 16.6. The van der Waals surface area contributed by atoms with Crippen LogP contribution in [0.25, 0.3) is 0 Å². The minimum atomic E-state index is -0.489. The highest BCUT2D eigenvalue weighted by Crippen LogP contribution is 2.36. The van der Waals surface area contributed by atoms with E-state index in [0.717, 1.165) is 11.1 Å². The molecule has 25 heavy (non-hydrogen) atoms. The van der Waals surface area contributed by atoms with Gasteiger partial charge in [-0.15, -0.1) is 0 Å². The van der Waals surface area contributed by atoms with E-state index in [-0.39, 0.29) is 18.5 Å².